The minimum absolute atomic E-state index is 0.190. The topological polar surface area (TPSA) is 53.9 Å². The summed E-state index contributed by atoms with van der Waals surface area (Å²) in [5.74, 6) is 3.40. The van der Waals surface area contributed by atoms with Crippen molar-refractivity contribution < 1.29 is 0 Å². The number of fused-ring (bicyclic) bond motifs is 3. The fourth-order valence-electron chi connectivity index (χ4n) is 5.79. The second-order valence-corrected chi connectivity index (χ2v) is 11.1. The van der Waals surface area contributed by atoms with Gasteiger partial charge in [-0.2, -0.15) is 9.97 Å². The van der Waals surface area contributed by atoms with Crippen molar-refractivity contribution in [1.82, 2.24) is 19.9 Å². The molecular weight excluding hydrogens is 382 g/mol. The van der Waals surface area contributed by atoms with Gasteiger partial charge in [0.1, 0.15) is 5.82 Å². The number of piperidine rings is 1. The molecule has 3 aliphatic heterocycles. The average Bonchev–Trinajstić information content (AvgIpc) is 3.68. The Labute approximate surface area is 186 Å². The molecule has 5 aliphatic rings. The third-order valence-corrected chi connectivity index (χ3v) is 8.20. The number of nitrogens with one attached hydrogen (secondary N) is 1. The second kappa shape index (κ2) is 7.26. The summed E-state index contributed by atoms with van der Waals surface area (Å²) in [5.41, 5.74) is 3.25. The van der Waals surface area contributed by atoms with Gasteiger partial charge in [-0.25, -0.2) is 4.98 Å². The van der Waals surface area contributed by atoms with Crippen LogP contribution in [0.5, 0.6) is 0 Å². The number of aromatic nitrogens is 3. The van der Waals surface area contributed by atoms with Crippen LogP contribution < -0.4 is 5.32 Å². The largest absolute Gasteiger partial charge is 0.351 e. The van der Waals surface area contributed by atoms with Gasteiger partial charge in [0.05, 0.1) is 0 Å². The molecule has 7 rings (SSSR count). The summed E-state index contributed by atoms with van der Waals surface area (Å²) in [6, 6.07) is 9.57. The summed E-state index contributed by atoms with van der Waals surface area (Å²) in [5, 5.41) is 3.70. The predicted octanol–water partition coefficient (Wildman–Crippen LogP) is 4.93. The lowest BCUT2D eigenvalue weighted by Gasteiger charge is -2.33. The maximum Gasteiger partial charge on any atom is 0.226 e. The maximum atomic E-state index is 5.02. The summed E-state index contributed by atoms with van der Waals surface area (Å²) < 4.78 is 0. The first-order chi connectivity index (χ1) is 15.0. The second-order valence-electron chi connectivity index (χ2n) is 11.1. The van der Waals surface area contributed by atoms with E-state index in [1.807, 2.05) is 0 Å². The van der Waals surface area contributed by atoms with Crippen LogP contribution in [0.2, 0.25) is 0 Å². The van der Waals surface area contributed by atoms with Crippen LogP contribution in [-0.4, -0.2) is 45.5 Å². The molecule has 2 saturated carbocycles. The molecule has 4 heterocycles. The van der Waals surface area contributed by atoms with Gasteiger partial charge in [0.25, 0.3) is 0 Å². The van der Waals surface area contributed by atoms with Gasteiger partial charge in [0.15, 0.2) is 5.82 Å². The zero-order chi connectivity index (χ0) is 21.1. The van der Waals surface area contributed by atoms with Gasteiger partial charge in [-0.15, -0.1) is 0 Å². The van der Waals surface area contributed by atoms with Crippen LogP contribution >= 0.6 is 0 Å². The van der Waals surface area contributed by atoms with Crippen molar-refractivity contribution in [3.8, 4) is 11.4 Å². The van der Waals surface area contributed by atoms with E-state index in [9.17, 15) is 0 Å². The molecular formula is C26H35N5. The normalized spacial score (nSPS) is 23.8. The lowest BCUT2D eigenvalue weighted by Crippen LogP contribution is -2.41. The molecule has 2 aromatic rings. The number of hydrogen-bond acceptors (Lipinski definition) is 5. The minimum atomic E-state index is 0.190. The highest BCUT2D eigenvalue weighted by atomic mass is 15.2. The van der Waals surface area contributed by atoms with Crippen LogP contribution in [0.1, 0.15) is 76.6 Å². The number of hydrogen-bond donors (Lipinski definition) is 1. The molecule has 1 N–H and O–H groups in total. The molecule has 5 nitrogen and oxygen atoms in total. The lowest BCUT2D eigenvalue weighted by molar-refractivity contribution is 0.197. The molecule has 5 heteroatoms. The van der Waals surface area contributed by atoms with Crippen molar-refractivity contribution in [2.45, 2.75) is 82.1 Å². The number of rotatable bonds is 4. The monoisotopic (exact) mass is 417 g/mol. The van der Waals surface area contributed by atoms with Gasteiger partial charge >= 0.3 is 0 Å². The molecule has 0 unspecified atom stereocenters. The highest BCUT2D eigenvalue weighted by Crippen LogP contribution is 2.58. The molecule has 0 radical (unpaired) electrons. The van der Waals surface area contributed by atoms with Crippen molar-refractivity contribution in [2.75, 3.05) is 25.0 Å². The summed E-state index contributed by atoms with van der Waals surface area (Å²) in [4.78, 5) is 17.5. The van der Waals surface area contributed by atoms with Crippen molar-refractivity contribution in [2.24, 2.45) is 5.92 Å². The van der Waals surface area contributed by atoms with Crippen LogP contribution in [0, 0.1) is 5.92 Å². The number of benzene rings is 1. The summed E-state index contributed by atoms with van der Waals surface area (Å²) >= 11 is 0. The molecule has 3 fully saturated rings. The Morgan fingerprint density at radius 1 is 0.903 bits per heavy atom. The van der Waals surface area contributed by atoms with Gasteiger partial charge in [0.2, 0.25) is 5.95 Å². The van der Waals surface area contributed by atoms with E-state index < -0.39 is 0 Å². The van der Waals surface area contributed by atoms with Gasteiger partial charge in [-0.05, 0) is 68.3 Å². The Morgan fingerprint density at radius 2 is 1.55 bits per heavy atom. The number of likely N-dealkylation sites (tertiary alicyclic amines) is 1. The molecule has 2 aliphatic carbocycles. The number of nitrogens with zero attached hydrogens (tertiary/aromatic N) is 4. The summed E-state index contributed by atoms with van der Waals surface area (Å²) in [6.07, 6.45) is 9.92. The van der Waals surface area contributed by atoms with Crippen molar-refractivity contribution in [3.05, 3.63) is 35.7 Å². The van der Waals surface area contributed by atoms with Crippen LogP contribution in [0.4, 0.5) is 5.95 Å². The smallest absolute Gasteiger partial charge is 0.226 e. The molecule has 0 amide bonds. The van der Waals surface area contributed by atoms with Crippen LogP contribution in [0.3, 0.4) is 0 Å². The first-order valence-corrected chi connectivity index (χ1v) is 12.4. The van der Waals surface area contributed by atoms with Crippen LogP contribution in [0.25, 0.3) is 11.4 Å². The van der Waals surface area contributed by atoms with E-state index in [4.69, 9.17) is 15.0 Å². The van der Waals surface area contributed by atoms with Crippen molar-refractivity contribution >= 4 is 5.95 Å². The van der Waals surface area contributed by atoms with E-state index in [0.717, 1.165) is 55.0 Å². The van der Waals surface area contributed by atoms with Crippen LogP contribution in [0.15, 0.2) is 24.3 Å². The standard InChI is InChI=1S/C26H35N5/c1-18(2)17-31-15-7-21(8-16-31)27-24-29-22-19-3-5-20(6-4-19)25(9-10-25)11-12-26(13-14-26)23(28-22)30-24/h3-6,18,21H,7-17H2,1-2H3,(H,27,28,29,30). The lowest BCUT2D eigenvalue weighted by atomic mass is 9.86. The third-order valence-electron chi connectivity index (χ3n) is 8.20. The fraction of sp³-hybridized carbons (Fsp3) is 0.654. The van der Waals surface area contributed by atoms with Crippen molar-refractivity contribution in [3.63, 3.8) is 0 Å². The van der Waals surface area contributed by atoms with Gasteiger partial charge in [-0.3, -0.25) is 0 Å². The van der Waals surface area contributed by atoms with E-state index in [0.29, 0.717) is 11.5 Å². The zero-order valence-electron chi connectivity index (χ0n) is 19.0. The van der Waals surface area contributed by atoms with E-state index in [1.165, 1.54) is 50.6 Å². The minimum Gasteiger partial charge on any atom is -0.351 e. The fourth-order valence-corrected chi connectivity index (χ4v) is 5.79. The van der Waals surface area contributed by atoms with Crippen LogP contribution in [-0.2, 0) is 10.8 Å². The molecule has 1 saturated heterocycles. The number of anilines is 1. The molecule has 164 valence electrons. The Bertz CT molecular complexity index is 950. The Morgan fingerprint density at radius 3 is 2.19 bits per heavy atom. The zero-order valence-corrected chi connectivity index (χ0v) is 19.0. The highest BCUT2D eigenvalue weighted by molar-refractivity contribution is 5.58. The SMILES string of the molecule is CC(C)CN1CCC(Nc2nc3nc(n2)C2(CCC4(CC4)c4ccc-3cc4)CC2)CC1. The van der Waals surface area contributed by atoms with E-state index >= 15 is 0 Å². The Hall–Kier alpha value is -2.01. The Kier molecular flexibility index (Phi) is 4.60. The van der Waals surface area contributed by atoms with Gasteiger partial charge in [0, 0.05) is 36.7 Å². The first kappa shape index (κ1) is 19.7. The quantitative estimate of drug-likeness (QED) is 0.765. The molecule has 4 bridgehead atoms. The Balaban J connectivity index is 1.27. The third kappa shape index (κ3) is 3.75. The highest BCUT2D eigenvalue weighted by Gasteiger charge is 2.52. The molecule has 31 heavy (non-hydrogen) atoms. The first-order valence-electron chi connectivity index (χ1n) is 12.4. The maximum absolute atomic E-state index is 5.02. The van der Waals surface area contributed by atoms with E-state index in [1.54, 1.807) is 0 Å². The van der Waals surface area contributed by atoms with E-state index in [2.05, 4.69) is 48.3 Å². The van der Waals surface area contributed by atoms with Crippen molar-refractivity contribution in [1.29, 1.82) is 0 Å². The molecule has 0 atom stereocenters. The predicted molar refractivity (Wildman–Crippen MR) is 124 cm³/mol. The molecule has 1 aromatic carbocycles. The average molecular weight is 418 g/mol. The summed E-state index contributed by atoms with van der Waals surface area (Å²) in [6.45, 7) is 8.14. The van der Waals surface area contributed by atoms with Gasteiger partial charge in [-0.1, -0.05) is 38.1 Å². The molecule has 2 spiro atoms. The summed E-state index contributed by atoms with van der Waals surface area (Å²) in [7, 11) is 0. The van der Waals surface area contributed by atoms with E-state index in [-0.39, 0.29) is 5.41 Å². The van der Waals surface area contributed by atoms with Gasteiger partial charge < -0.3 is 10.2 Å². The molecule has 1 aromatic heterocycles.